The Hall–Kier alpha value is -1.65. The van der Waals surface area contributed by atoms with E-state index in [-0.39, 0.29) is 11.9 Å². The molecule has 2 rings (SSSR count). The fraction of sp³-hybridized carbons (Fsp3) is 0.375. The van der Waals surface area contributed by atoms with Gasteiger partial charge in [-0.15, -0.1) is 0 Å². The van der Waals surface area contributed by atoms with Crippen LogP contribution >= 0.6 is 0 Å². The molecule has 1 atom stereocenters. The van der Waals surface area contributed by atoms with Gasteiger partial charge in [0.05, 0.1) is 13.2 Å². The number of nitrogens with one attached hydrogen (secondary N) is 1. The number of methoxy groups -OCH3 is 1. The molecule has 0 bridgehead atoms. The molecule has 0 unspecified atom stereocenters. The van der Waals surface area contributed by atoms with E-state index >= 15 is 0 Å². The minimum atomic E-state index is -0.215. The molecule has 0 aliphatic rings. The number of hydrogen-bond acceptors (Lipinski definition) is 3. The average Bonchev–Trinajstić information content (AvgIpc) is 2.89. The van der Waals surface area contributed by atoms with E-state index < -0.39 is 0 Å². The Morgan fingerprint density at radius 3 is 2.85 bits per heavy atom. The van der Waals surface area contributed by atoms with Gasteiger partial charge < -0.3 is 14.5 Å². The lowest BCUT2D eigenvalue weighted by Crippen LogP contribution is -2.29. The topological polar surface area (TPSA) is 34.4 Å². The van der Waals surface area contributed by atoms with Crippen molar-refractivity contribution < 1.29 is 13.5 Å². The van der Waals surface area contributed by atoms with Gasteiger partial charge in [-0.3, -0.25) is 0 Å². The van der Waals surface area contributed by atoms with Crippen molar-refractivity contribution >= 4 is 0 Å². The summed E-state index contributed by atoms with van der Waals surface area (Å²) in [5.41, 5.74) is 1.40. The molecule has 1 aromatic heterocycles. The van der Waals surface area contributed by atoms with Crippen LogP contribution in [0.2, 0.25) is 0 Å². The fourth-order valence-electron chi connectivity index (χ4n) is 2.08. The van der Waals surface area contributed by atoms with Gasteiger partial charge in [-0.1, -0.05) is 12.1 Å². The number of furan rings is 1. The van der Waals surface area contributed by atoms with Crippen LogP contribution in [0, 0.1) is 12.7 Å². The molecule has 0 spiro atoms. The van der Waals surface area contributed by atoms with Crippen LogP contribution in [0.4, 0.5) is 4.39 Å². The molecule has 20 heavy (non-hydrogen) atoms. The zero-order valence-electron chi connectivity index (χ0n) is 12.1. The van der Waals surface area contributed by atoms with E-state index in [4.69, 9.17) is 9.15 Å². The monoisotopic (exact) mass is 277 g/mol. The van der Waals surface area contributed by atoms with Crippen LogP contribution in [0.3, 0.4) is 0 Å². The number of rotatable bonds is 6. The van der Waals surface area contributed by atoms with Gasteiger partial charge in [0.2, 0.25) is 0 Å². The van der Waals surface area contributed by atoms with E-state index in [9.17, 15) is 4.39 Å². The molecule has 108 valence electrons. The molecule has 0 aliphatic carbocycles. The maximum absolute atomic E-state index is 13.5. The molecule has 0 aliphatic heterocycles. The molecule has 0 saturated heterocycles. The van der Waals surface area contributed by atoms with Crippen molar-refractivity contribution in [3.05, 3.63) is 47.5 Å². The molecule has 0 radical (unpaired) electrons. The highest BCUT2D eigenvalue weighted by Crippen LogP contribution is 2.26. The lowest BCUT2D eigenvalue weighted by molar-refractivity contribution is 0.170. The molecule has 3 nitrogen and oxygen atoms in total. The standard InChI is InChI=1S/C16H20FNO2/c1-11(10-19-3)18-9-13-7-8-16(20-13)14-5-4-6-15(17)12(14)2/h4-8,11,18H,9-10H2,1-3H3/t11-/m0/s1. The van der Waals surface area contributed by atoms with Gasteiger partial charge in [0, 0.05) is 18.7 Å². The normalized spacial score (nSPS) is 12.6. The Labute approximate surface area is 118 Å². The third kappa shape index (κ3) is 3.46. The van der Waals surface area contributed by atoms with Crippen molar-refractivity contribution in [3.63, 3.8) is 0 Å². The maximum atomic E-state index is 13.5. The van der Waals surface area contributed by atoms with E-state index in [0.717, 1.165) is 11.3 Å². The summed E-state index contributed by atoms with van der Waals surface area (Å²) in [4.78, 5) is 0. The van der Waals surface area contributed by atoms with E-state index in [0.29, 0.717) is 24.5 Å². The molecule has 1 N–H and O–H groups in total. The highest BCUT2D eigenvalue weighted by Gasteiger charge is 2.10. The van der Waals surface area contributed by atoms with Crippen molar-refractivity contribution in [2.75, 3.05) is 13.7 Å². The van der Waals surface area contributed by atoms with Gasteiger partial charge in [0.25, 0.3) is 0 Å². The number of halogens is 1. The van der Waals surface area contributed by atoms with Crippen molar-refractivity contribution in [1.82, 2.24) is 5.32 Å². The summed E-state index contributed by atoms with van der Waals surface area (Å²) in [6, 6.07) is 9.05. The smallest absolute Gasteiger partial charge is 0.134 e. The lowest BCUT2D eigenvalue weighted by Gasteiger charge is -2.11. The Kier molecular flexibility index (Phi) is 4.93. The predicted octanol–water partition coefficient (Wildman–Crippen LogP) is 3.52. The van der Waals surface area contributed by atoms with Crippen LogP contribution in [0.15, 0.2) is 34.7 Å². The summed E-state index contributed by atoms with van der Waals surface area (Å²) < 4.78 is 24.4. The largest absolute Gasteiger partial charge is 0.460 e. The number of hydrogen-bond donors (Lipinski definition) is 1. The Bertz CT molecular complexity index is 565. The van der Waals surface area contributed by atoms with Crippen LogP contribution < -0.4 is 5.32 Å². The van der Waals surface area contributed by atoms with Gasteiger partial charge in [-0.2, -0.15) is 0 Å². The number of ether oxygens (including phenoxy) is 1. The summed E-state index contributed by atoms with van der Waals surface area (Å²) >= 11 is 0. The summed E-state index contributed by atoms with van der Waals surface area (Å²) in [7, 11) is 1.68. The third-order valence-corrected chi connectivity index (χ3v) is 3.24. The molecule has 1 heterocycles. The summed E-state index contributed by atoms with van der Waals surface area (Å²) in [6.45, 7) is 5.07. The van der Waals surface area contributed by atoms with E-state index in [1.54, 1.807) is 20.1 Å². The second-order valence-electron chi connectivity index (χ2n) is 4.92. The van der Waals surface area contributed by atoms with Crippen LogP contribution in [0.25, 0.3) is 11.3 Å². The summed E-state index contributed by atoms with van der Waals surface area (Å²) in [6.07, 6.45) is 0. The van der Waals surface area contributed by atoms with Crippen molar-refractivity contribution in [1.29, 1.82) is 0 Å². The van der Waals surface area contributed by atoms with Crippen LogP contribution in [0.1, 0.15) is 18.2 Å². The third-order valence-electron chi connectivity index (χ3n) is 3.24. The Morgan fingerprint density at radius 1 is 1.30 bits per heavy atom. The molecular formula is C16H20FNO2. The summed E-state index contributed by atoms with van der Waals surface area (Å²) in [5.74, 6) is 1.30. The van der Waals surface area contributed by atoms with Gasteiger partial charge in [0.15, 0.2) is 0 Å². The maximum Gasteiger partial charge on any atom is 0.134 e. The highest BCUT2D eigenvalue weighted by atomic mass is 19.1. The lowest BCUT2D eigenvalue weighted by atomic mass is 10.1. The molecule has 0 amide bonds. The molecule has 0 saturated carbocycles. The zero-order valence-corrected chi connectivity index (χ0v) is 12.1. The van der Waals surface area contributed by atoms with Crippen LogP contribution in [0.5, 0.6) is 0 Å². The first-order valence-electron chi connectivity index (χ1n) is 6.68. The fourth-order valence-corrected chi connectivity index (χ4v) is 2.08. The van der Waals surface area contributed by atoms with Gasteiger partial charge >= 0.3 is 0 Å². The van der Waals surface area contributed by atoms with Gasteiger partial charge in [-0.25, -0.2) is 4.39 Å². The van der Waals surface area contributed by atoms with E-state index in [1.807, 2.05) is 25.1 Å². The van der Waals surface area contributed by atoms with Crippen LogP contribution in [-0.4, -0.2) is 19.8 Å². The predicted molar refractivity (Wildman–Crippen MR) is 77.0 cm³/mol. The molecule has 2 aromatic rings. The second-order valence-corrected chi connectivity index (χ2v) is 4.92. The van der Waals surface area contributed by atoms with Gasteiger partial charge in [0.1, 0.15) is 17.3 Å². The second kappa shape index (κ2) is 6.68. The average molecular weight is 277 g/mol. The van der Waals surface area contributed by atoms with Crippen LogP contribution in [-0.2, 0) is 11.3 Å². The van der Waals surface area contributed by atoms with E-state index in [2.05, 4.69) is 5.32 Å². The molecular weight excluding hydrogens is 257 g/mol. The zero-order chi connectivity index (χ0) is 14.5. The molecule has 1 aromatic carbocycles. The Morgan fingerprint density at radius 2 is 2.10 bits per heavy atom. The Balaban J connectivity index is 2.07. The first-order chi connectivity index (χ1) is 9.61. The first kappa shape index (κ1) is 14.8. The highest BCUT2D eigenvalue weighted by molar-refractivity contribution is 5.62. The minimum Gasteiger partial charge on any atom is -0.460 e. The van der Waals surface area contributed by atoms with Crippen molar-refractivity contribution in [2.24, 2.45) is 0 Å². The SMILES string of the molecule is COC[C@H](C)NCc1ccc(-c2cccc(F)c2C)o1. The molecule has 4 heteroatoms. The molecule has 0 fully saturated rings. The quantitative estimate of drug-likeness (QED) is 0.877. The van der Waals surface area contributed by atoms with Crippen molar-refractivity contribution in [2.45, 2.75) is 26.4 Å². The minimum absolute atomic E-state index is 0.215. The van der Waals surface area contributed by atoms with Crippen molar-refractivity contribution in [3.8, 4) is 11.3 Å². The summed E-state index contributed by atoms with van der Waals surface area (Å²) in [5, 5.41) is 3.30. The number of benzene rings is 1. The first-order valence-corrected chi connectivity index (χ1v) is 6.68. The van der Waals surface area contributed by atoms with Gasteiger partial charge in [-0.05, 0) is 37.6 Å². The van der Waals surface area contributed by atoms with E-state index in [1.165, 1.54) is 6.07 Å².